The van der Waals surface area contributed by atoms with Gasteiger partial charge in [-0.3, -0.25) is 4.79 Å². The second-order valence-electron chi connectivity index (χ2n) is 13.7. The number of hydrogen-bond donors (Lipinski definition) is 6. The van der Waals surface area contributed by atoms with Gasteiger partial charge in [-0.05, 0) is 12.8 Å². The molecule has 7 atom stereocenters. The van der Waals surface area contributed by atoms with Gasteiger partial charge in [-0.2, -0.15) is 0 Å². The van der Waals surface area contributed by atoms with Gasteiger partial charge in [0, 0.05) is 6.42 Å². The zero-order chi connectivity index (χ0) is 33.8. The number of ether oxygens (including phenoxy) is 2. The first-order chi connectivity index (χ1) is 22.3. The van der Waals surface area contributed by atoms with Crippen LogP contribution in [0.4, 0.5) is 0 Å². The van der Waals surface area contributed by atoms with E-state index in [2.05, 4.69) is 19.2 Å². The van der Waals surface area contributed by atoms with Gasteiger partial charge in [0.15, 0.2) is 6.29 Å². The van der Waals surface area contributed by atoms with Gasteiger partial charge < -0.3 is 40.3 Å². The lowest BCUT2D eigenvalue weighted by Gasteiger charge is -2.40. The highest BCUT2D eigenvalue weighted by Gasteiger charge is 2.44. The second-order valence-corrected chi connectivity index (χ2v) is 13.7. The van der Waals surface area contributed by atoms with Gasteiger partial charge in [0.25, 0.3) is 0 Å². The van der Waals surface area contributed by atoms with Crippen LogP contribution >= 0.6 is 0 Å². The van der Waals surface area contributed by atoms with Crippen molar-refractivity contribution in [1.29, 1.82) is 0 Å². The Morgan fingerprint density at radius 1 is 0.652 bits per heavy atom. The molecule has 0 aromatic carbocycles. The van der Waals surface area contributed by atoms with Crippen LogP contribution in [-0.2, 0) is 14.3 Å². The molecule has 1 rings (SSSR count). The molecule has 6 N–H and O–H groups in total. The summed E-state index contributed by atoms with van der Waals surface area (Å²) < 4.78 is 11.2. The Bertz CT molecular complexity index is 696. The number of carbonyl (C=O) groups excluding carboxylic acids is 1. The zero-order valence-corrected chi connectivity index (χ0v) is 29.6. The maximum absolute atomic E-state index is 12.8. The molecular formula is C37H73NO8. The van der Waals surface area contributed by atoms with Crippen molar-refractivity contribution >= 4 is 5.91 Å². The van der Waals surface area contributed by atoms with E-state index in [1.54, 1.807) is 0 Å². The largest absolute Gasteiger partial charge is 0.394 e. The summed E-state index contributed by atoms with van der Waals surface area (Å²) in [5.41, 5.74) is 0. The average Bonchev–Trinajstić information content (AvgIpc) is 3.05. The van der Waals surface area contributed by atoms with Gasteiger partial charge in [0.2, 0.25) is 5.91 Å². The predicted octanol–water partition coefficient (Wildman–Crippen LogP) is 6.44. The molecule has 1 heterocycles. The molecule has 0 aromatic heterocycles. The molecule has 9 heteroatoms. The number of amides is 1. The normalized spacial score (nSPS) is 23.0. The number of aliphatic hydroxyl groups excluding tert-OH is 5. The molecule has 0 radical (unpaired) electrons. The average molecular weight is 660 g/mol. The summed E-state index contributed by atoms with van der Waals surface area (Å²) in [7, 11) is 0. The molecule has 1 saturated heterocycles. The van der Waals surface area contributed by atoms with Gasteiger partial charge in [0.1, 0.15) is 24.4 Å². The molecule has 2 unspecified atom stereocenters. The topological polar surface area (TPSA) is 149 Å². The van der Waals surface area contributed by atoms with Crippen molar-refractivity contribution in [2.45, 2.75) is 217 Å². The fourth-order valence-corrected chi connectivity index (χ4v) is 6.28. The minimum absolute atomic E-state index is 0.133. The molecule has 0 spiro atoms. The fraction of sp³-hybridized carbons (Fsp3) is 0.973. The smallest absolute Gasteiger partial charge is 0.220 e. The van der Waals surface area contributed by atoms with Crippen molar-refractivity contribution < 1.29 is 39.8 Å². The fourth-order valence-electron chi connectivity index (χ4n) is 6.28. The molecule has 0 aliphatic carbocycles. The quantitative estimate of drug-likeness (QED) is 0.0466. The summed E-state index contributed by atoms with van der Waals surface area (Å²) in [5.74, 6) is -0.151. The van der Waals surface area contributed by atoms with Crippen LogP contribution in [0.2, 0.25) is 0 Å². The van der Waals surface area contributed by atoms with Crippen molar-refractivity contribution in [2.75, 3.05) is 13.2 Å². The summed E-state index contributed by atoms with van der Waals surface area (Å²) in [6.07, 6.45) is 21.3. The molecule has 0 saturated carbocycles. The van der Waals surface area contributed by atoms with Crippen LogP contribution in [0.3, 0.4) is 0 Å². The van der Waals surface area contributed by atoms with E-state index in [4.69, 9.17) is 9.47 Å². The van der Waals surface area contributed by atoms with Crippen LogP contribution in [0.25, 0.3) is 0 Å². The highest BCUT2D eigenvalue weighted by molar-refractivity contribution is 5.76. The number of rotatable bonds is 31. The first-order valence-electron chi connectivity index (χ1n) is 19.2. The van der Waals surface area contributed by atoms with Crippen LogP contribution in [0.15, 0.2) is 0 Å². The van der Waals surface area contributed by atoms with Crippen molar-refractivity contribution in [3.05, 3.63) is 0 Å². The molecule has 1 aliphatic heterocycles. The Morgan fingerprint density at radius 2 is 1.09 bits per heavy atom. The van der Waals surface area contributed by atoms with Crippen molar-refractivity contribution in [1.82, 2.24) is 5.32 Å². The maximum Gasteiger partial charge on any atom is 0.220 e. The Kier molecular flexibility index (Phi) is 27.4. The number of carbonyl (C=O) groups is 1. The van der Waals surface area contributed by atoms with E-state index in [-0.39, 0.29) is 12.5 Å². The lowest BCUT2D eigenvalue weighted by Crippen LogP contribution is -2.60. The van der Waals surface area contributed by atoms with Crippen LogP contribution in [0, 0.1) is 0 Å². The van der Waals surface area contributed by atoms with Crippen LogP contribution < -0.4 is 5.32 Å². The first-order valence-corrected chi connectivity index (χ1v) is 19.2. The van der Waals surface area contributed by atoms with Gasteiger partial charge in [-0.25, -0.2) is 0 Å². The van der Waals surface area contributed by atoms with E-state index in [1.807, 2.05) is 0 Å². The minimum atomic E-state index is -1.55. The van der Waals surface area contributed by atoms with Gasteiger partial charge in [0.05, 0.1) is 25.4 Å². The highest BCUT2D eigenvalue weighted by Crippen LogP contribution is 2.23. The molecule has 0 aromatic rings. The van der Waals surface area contributed by atoms with E-state index in [0.717, 1.165) is 38.5 Å². The summed E-state index contributed by atoms with van der Waals surface area (Å²) in [6, 6.07) is -0.708. The Labute approximate surface area is 281 Å². The number of unbranched alkanes of at least 4 members (excludes halogenated alkanes) is 21. The molecule has 46 heavy (non-hydrogen) atoms. The Morgan fingerprint density at radius 3 is 1.54 bits per heavy atom. The van der Waals surface area contributed by atoms with Crippen molar-refractivity contribution in [3.63, 3.8) is 0 Å². The number of hydrogen-bond acceptors (Lipinski definition) is 8. The lowest BCUT2D eigenvalue weighted by atomic mass is 9.99. The second kappa shape index (κ2) is 29.1. The molecule has 1 amide bonds. The Hall–Kier alpha value is -0.810. The zero-order valence-electron chi connectivity index (χ0n) is 29.6. The number of aliphatic hydroxyl groups is 5. The molecule has 274 valence electrons. The maximum atomic E-state index is 12.8. The first kappa shape index (κ1) is 43.2. The molecule has 1 aliphatic rings. The van der Waals surface area contributed by atoms with Crippen molar-refractivity contribution in [3.8, 4) is 0 Å². The molecule has 9 nitrogen and oxygen atoms in total. The van der Waals surface area contributed by atoms with E-state index >= 15 is 0 Å². The Balaban J connectivity index is 2.36. The van der Waals surface area contributed by atoms with Crippen LogP contribution in [0.1, 0.15) is 174 Å². The summed E-state index contributed by atoms with van der Waals surface area (Å²) in [4.78, 5) is 12.8. The molecule has 1 fully saturated rings. The highest BCUT2D eigenvalue weighted by atomic mass is 16.7. The third-order valence-electron chi connectivity index (χ3n) is 9.46. The predicted molar refractivity (Wildman–Crippen MR) is 184 cm³/mol. The molecule has 0 bridgehead atoms. The summed E-state index contributed by atoms with van der Waals surface area (Å²) in [6.45, 7) is 3.77. The third kappa shape index (κ3) is 20.5. The van der Waals surface area contributed by atoms with Crippen LogP contribution in [0.5, 0.6) is 0 Å². The third-order valence-corrected chi connectivity index (χ3v) is 9.46. The van der Waals surface area contributed by atoms with E-state index in [1.165, 1.54) is 109 Å². The lowest BCUT2D eigenvalue weighted by molar-refractivity contribution is -0.302. The van der Waals surface area contributed by atoms with E-state index in [0.29, 0.717) is 12.8 Å². The standard InChI is InChI=1S/C37H73NO8/c1-3-5-7-9-11-12-13-14-15-16-17-18-19-21-22-24-26-31(40)30(38-33(41)27-25-23-20-10-8-6-4-2)29-45-37-36(44)35(43)34(42)32(28-39)46-37/h30-32,34-37,39-40,42-44H,3-29H2,1-2H3,(H,38,41)/t30-,31+,32+,34+,35?,36?,37+/m0/s1. The minimum Gasteiger partial charge on any atom is -0.394 e. The van der Waals surface area contributed by atoms with Crippen LogP contribution in [-0.4, -0.2) is 87.5 Å². The van der Waals surface area contributed by atoms with E-state index in [9.17, 15) is 30.3 Å². The van der Waals surface area contributed by atoms with Gasteiger partial charge in [-0.1, -0.05) is 155 Å². The summed E-state index contributed by atoms with van der Waals surface area (Å²) >= 11 is 0. The van der Waals surface area contributed by atoms with Gasteiger partial charge >= 0.3 is 0 Å². The monoisotopic (exact) mass is 660 g/mol. The van der Waals surface area contributed by atoms with E-state index < -0.39 is 49.5 Å². The molecular weight excluding hydrogens is 586 g/mol. The SMILES string of the molecule is CCCCCCCCCCCCCCCCCC[C@@H](O)[C@H](CO[C@@H]1O[C@H](CO)[C@@H](O)C(O)C1O)NC(=O)CCCCCCCCC. The summed E-state index contributed by atoms with van der Waals surface area (Å²) in [5, 5.41) is 53.9. The number of nitrogens with one attached hydrogen (secondary N) is 1. The van der Waals surface area contributed by atoms with Gasteiger partial charge in [-0.15, -0.1) is 0 Å². The van der Waals surface area contributed by atoms with Crippen molar-refractivity contribution in [2.24, 2.45) is 0 Å².